The van der Waals surface area contributed by atoms with Crippen LogP contribution in [0.2, 0.25) is 0 Å². The lowest BCUT2D eigenvalue weighted by molar-refractivity contribution is 0.374. The Morgan fingerprint density at radius 3 is 2.00 bits per heavy atom. The Labute approximate surface area is 59.6 Å². The third-order valence-electron chi connectivity index (χ3n) is 1.18. The first-order chi connectivity index (χ1) is 4.22. The summed E-state index contributed by atoms with van der Waals surface area (Å²) in [4.78, 5) is 0. The molecule has 0 radical (unpaired) electrons. The second kappa shape index (κ2) is 5.20. The quantitative estimate of drug-likeness (QED) is 0.557. The fourth-order valence-electron chi connectivity index (χ4n) is 0.771. The number of hydrogen-bond acceptors (Lipinski definition) is 1. The highest BCUT2D eigenvalue weighted by atomic mass is 31.1. The minimum Gasteiger partial charge on any atom is -0.359 e. The van der Waals surface area contributed by atoms with Gasteiger partial charge in [0.2, 0.25) is 0 Å². The summed E-state index contributed by atoms with van der Waals surface area (Å²) in [6.45, 7) is 9.59. The molecule has 0 aromatic carbocycles. The Morgan fingerprint density at radius 2 is 1.89 bits per heavy atom. The van der Waals surface area contributed by atoms with Gasteiger partial charge in [0, 0.05) is 14.8 Å². The molecule has 0 N–H and O–H groups in total. The Morgan fingerprint density at radius 1 is 1.33 bits per heavy atom. The van der Waals surface area contributed by atoms with Gasteiger partial charge in [0.1, 0.15) is 0 Å². The van der Waals surface area contributed by atoms with Crippen LogP contribution >= 0.6 is 8.15 Å². The Bertz CT molecular complexity index is 63.9. The van der Waals surface area contributed by atoms with Gasteiger partial charge in [-0.25, -0.2) is 0 Å². The van der Waals surface area contributed by atoms with E-state index in [9.17, 15) is 0 Å². The summed E-state index contributed by atoms with van der Waals surface area (Å²) in [5.74, 6) is 0. The predicted octanol–water partition coefficient (Wildman–Crippen LogP) is 2.85. The molecule has 1 unspecified atom stereocenters. The summed E-state index contributed by atoms with van der Waals surface area (Å²) >= 11 is 0. The standard InChI is InChI=1S/C7H17OP/c1-5-8-9(6-2)7(3)4/h7H,5-6H2,1-4H3. The molecule has 0 aliphatic carbocycles. The summed E-state index contributed by atoms with van der Waals surface area (Å²) in [6, 6.07) is 0. The van der Waals surface area contributed by atoms with Crippen molar-refractivity contribution in [3.05, 3.63) is 0 Å². The first-order valence-electron chi connectivity index (χ1n) is 3.61. The molecule has 0 aromatic heterocycles. The van der Waals surface area contributed by atoms with E-state index in [1.807, 2.05) is 0 Å². The molecule has 56 valence electrons. The van der Waals surface area contributed by atoms with Crippen molar-refractivity contribution in [3.63, 3.8) is 0 Å². The molecule has 0 aliphatic heterocycles. The smallest absolute Gasteiger partial charge is 0.0480 e. The van der Waals surface area contributed by atoms with Crippen LogP contribution in [-0.4, -0.2) is 18.4 Å². The lowest BCUT2D eigenvalue weighted by atomic mass is 10.6. The van der Waals surface area contributed by atoms with Gasteiger partial charge < -0.3 is 4.52 Å². The van der Waals surface area contributed by atoms with Crippen LogP contribution < -0.4 is 0 Å². The van der Waals surface area contributed by atoms with Crippen molar-refractivity contribution in [1.29, 1.82) is 0 Å². The molecular weight excluding hydrogens is 131 g/mol. The first kappa shape index (κ1) is 9.39. The topological polar surface area (TPSA) is 9.23 Å². The van der Waals surface area contributed by atoms with Crippen molar-refractivity contribution in [2.45, 2.75) is 33.4 Å². The van der Waals surface area contributed by atoms with Crippen molar-refractivity contribution in [2.75, 3.05) is 12.8 Å². The molecule has 0 saturated heterocycles. The van der Waals surface area contributed by atoms with Gasteiger partial charge in [0.05, 0.1) is 0 Å². The van der Waals surface area contributed by atoms with Crippen LogP contribution in [0.5, 0.6) is 0 Å². The normalized spacial score (nSPS) is 14.3. The molecule has 1 nitrogen and oxygen atoms in total. The van der Waals surface area contributed by atoms with Crippen LogP contribution in [0.15, 0.2) is 0 Å². The summed E-state index contributed by atoms with van der Waals surface area (Å²) in [5.41, 5.74) is 0.727. The molecule has 0 fully saturated rings. The molecule has 0 aliphatic rings. The Kier molecular flexibility index (Phi) is 5.42. The van der Waals surface area contributed by atoms with Gasteiger partial charge >= 0.3 is 0 Å². The van der Waals surface area contributed by atoms with Gasteiger partial charge in [-0.2, -0.15) is 0 Å². The molecule has 1 atom stereocenters. The molecule has 0 spiro atoms. The van der Waals surface area contributed by atoms with E-state index in [0.29, 0.717) is 0 Å². The minimum atomic E-state index is -0.118. The maximum absolute atomic E-state index is 5.52. The summed E-state index contributed by atoms with van der Waals surface area (Å²) < 4.78 is 5.52. The zero-order chi connectivity index (χ0) is 7.28. The first-order valence-corrected chi connectivity index (χ1v) is 5.13. The summed E-state index contributed by atoms with van der Waals surface area (Å²) in [5, 5.41) is 0. The number of rotatable bonds is 4. The average molecular weight is 148 g/mol. The van der Waals surface area contributed by atoms with Gasteiger partial charge in [-0.15, -0.1) is 0 Å². The van der Waals surface area contributed by atoms with Crippen LogP contribution in [0.4, 0.5) is 0 Å². The van der Waals surface area contributed by atoms with E-state index in [4.69, 9.17) is 4.52 Å². The van der Waals surface area contributed by atoms with Gasteiger partial charge in [-0.05, 0) is 18.7 Å². The van der Waals surface area contributed by atoms with Crippen LogP contribution in [0, 0.1) is 0 Å². The highest BCUT2D eigenvalue weighted by Crippen LogP contribution is 2.41. The third-order valence-corrected chi connectivity index (χ3v) is 3.55. The predicted molar refractivity (Wildman–Crippen MR) is 44.2 cm³/mol. The maximum Gasteiger partial charge on any atom is 0.0480 e. The zero-order valence-corrected chi connectivity index (χ0v) is 7.74. The van der Waals surface area contributed by atoms with E-state index in [0.717, 1.165) is 12.3 Å². The highest BCUT2D eigenvalue weighted by molar-refractivity contribution is 7.53. The van der Waals surface area contributed by atoms with E-state index in [1.165, 1.54) is 6.16 Å². The van der Waals surface area contributed by atoms with E-state index >= 15 is 0 Å². The number of hydrogen-bond donors (Lipinski definition) is 0. The molecule has 0 aromatic rings. The van der Waals surface area contributed by atoms with E-state index in [1.54, 1.807) is 0 Å². The van der Waals surface area contributed by atoms with E-state index in [2.05, 4.69) is 27.7 Å². The van der Waals surface area contributed by atoms with Crippen LogP contribution in [0.1, 0.15) is 27.7 Å². The van der Waals surface area contributed by atoms with Gasteiger partial charge in [0.25, 0.3) is 0 Å². The third kappa shape index (κ3) is 3.89. The van der Waals surface area contributed by atoms with E-state index in [-0.39, 0.29) is 8.15 Å². The zero-order valence-electron chi connectivity index (χ0n) is 6.85. The van der Waals surface area contributed by atoms with Gasteiger partial charge in [0.15, 0.2) is 0 Å². The molecular formula is C7H17OP. The SMILES string of the molecule is CCOP(CC)C(C)C. The molecule has 0 heterocycles. The second-order valence-corrected chi connectivity index (χ2v) is 5.00. The lowest BCUT2D eigenvalue weighted by Crippen LogP contribution is -1.98. The summed E-state index contributed by atoms with van der Waals surface area (Å²) in [7, 11) is -0.118. The van der Waals surface area contributed by atoms with Crippen molar-refractivity contribution in [3.8, 4) is 0 Å². The monoisotopic (exact) mass is 148 g/mol. The molecule has 0 saturated carbocycles. The molecule has 2 heteroatoms. The molecule has 0 rings (SSSR count). The fourth-order valence-corrected chi connectivity index (χ4v) is 2.31. The largest absolute Gasteiger partial charge is 0.359 e. The second-order valence-electron chi connectivity index (χ2n) is 2.24. The Balaban J connectivity index is 3.41. The van der Waals surface area contributed by atoms with Crippen molar-refractivity contribution in [1.82, 2.24) is 0 Å². The minimum absolute atomic E-state index is 0.118. The molecule has 0 bridgehead atoms. The van der Waals surface area contributed by atoms with Crippen LogP contribution in [-0.2, 0) is 4.52 Å². The Hall–Kier alpha value is 0.390. The van der Waals surface area contributed by atoms with Crippen molar-refractivity contribution in [2.24, 2.45) is 0 Å². The van der Waals surface area contributed by atoms with E-state index < -0.39 is 0 Å². The highest BCUT2D eigenvalue weighted by Gasteiger charge is 2.08. The molecule has 9 heavy (non-hydrogen) atoms. The summed E-state index contributed by atoms with van der Waals surface area (Å²) in [6.07, 6.45) is 1.20. The van der Waals surface area contributed by atoms with Crippen LogP contribution in [0.3, 0.4) is 0 Å². The van der Waals surface area contributed by atoms with Crippen molar-refractivity contribution < 1.29 is 4.52 Å². The molecule has 0 amide bonds. The van der Waals surface area contributed by atoms with Crippen molar-refractivity contribution >= 4 is 8.15 Å². The average Bonchev–Trinajstić information content (AvgIpc) is 1.82. The van der Waals surface area contributed by atoms with Gasteiger partial charge in [-0.1, -0.05) is 20.8 Å². The van der Waals surface area contributed by atoms with Crippen LogP contribution in [0.25, 0.3) is 0 Å². The lowest BCUT2D eigenvalue weighted by Gasteiger charge is -2.17. The fraction of sp³-hybridized carbons (Fsp3) is 1.00. The van der Waals surface area contributed by atoms with Gasteiger partial charge in [-0.3, -0.25) is 0 Å². The maximum atomic E-state index is 5.52.